The fourth-order valence-electron chi connectivity index (χ4n) is 7.72. The highest BCUT2D eigenvalue weighted by atomic mass is 15.0. The highest BCUT2D eigenvalue weighted by molar-refractivity contribution is 6.26. The maximum Gasteiger partial charge on any atom is 0.0991 e. The summed E-state index contributed by atoms with van der Waals surface area (Å²) in [7, 11) is 0. The molecule has 0 unspecified atom stereocenters. The number of hydrogen-bond acceptors (Lipinski definition) is 1. The summed E-state index contributed by atoms with van der Waals surface area (Å²) in [6.07, 6.45) is 0. The number of aromatic nitrogens is 3. The van der Waals surface area contributed by atoms with Gasteiger partial charge in [0.15, 0.2) is 0 Å². The second-order valence-corrected chi connectivity index (χ2v) is 12.1. The van der Waals surface area contributed by atoms with E-state index in [0.717, 1.165) is 49.9 Å². The van der Waals surface area contributed by atoms with Gasteiger partial charge >= 0.3 is 0 Å². The Bertz CT molecular complexity index is 2910. The molecule has 0 saturated carbocycles. The first-order chi connectivity index (χ1) is 23.3. The molecule has 0 atom stereocenters. The summed E-state index contributed by atoms with van der Waals surface area (Å²) in [5.41, 5.74) is 10.9. The molecule has 7 aromatic carbocycles. The van der Waals surface area contributed by atoms with E-state index in [1.165, 1.54) is 32.6 Å². The van der Waals surface area contributed by atoms with Gasteiger partial charge in [-0.25, -0.2) is 0 Å². The van der Waals surface area contributed by atoms with E-state index in [4.69, 9.17) is 0 Å². The molecular weight excluding hydrogens is 573 g/mol. The van der Waals surface area contributed by atoms with Crippen molar-refractivity contribution in [1.29, 1.82) is 5.26 Å². The van der Waals surface area contributed by atoms with Crippen LogP contribution in [0.15, 0.2) is 158 Å². The van der Waals surface area contributed by atoms with Crippen LogP contribution in [0.1, 0.15) is 5.56 Å². The maximum atomic E-state index is 9.64. The van der Waals surface area contributed by atoms with E-state index in [0.29, 0.717) is 5.56 Å². The van der Waals surface area contributed by atoms with Crippen LogP contribution in [0.2, 0.25) is 0 Å². The Morgan fingerprint density at radius 2 is 0.894 bits per heavy atom. The predicted molar refractivity (Wildman–Crippen MR) is 194 cm³/mol. The van der Waals surface area contributed by atoms with Gasteiger partial charge in [0.25, 0.3) is 0 Å². The van der Waals surface area contributed by atoms with Gasteiger partial charge in [-0.05, 0) is 72.8 Å². The Morgan fingerprint density at radius 1 is 0.362 bits per heavy atom. The molecule has 0 radical (unpaired) electrons. The summed E-state index contributed by atoms with van der Waals surface area (Å²) in [5.74, 6) is 0. The van der Waals surface area contributed by atoms with Crippen molar-refractivity contribution in [3.05, 3.63) is 163 Å². The maximum absolute atomic E-state index is 9.64. The van der Waals surface area contributed by atoms with Gasteiger partial charge in [0.1, 0.15) is 0 Å². The van der Waals surface area contributed by atoms with Gasteiger partial charge in [-0.2, -0.15) is 5.26 Å². The van der Waals surface area contributed by atoms with E-state index in [2.05, 4.69) is 165 Å². The molecule has 3 heterocycles. The van der Waals surface area contributed by atoms with Gasteiger partial charge in [-0.15, -0.1) is 0 Å². The van der Waals surface area contributed by atoms with Crippen LogP contribution in [0, 0.1) is 11.3 Å². The van der Waals surface area contributed by atoms with Gasteiger partial charge in [0.2, 0.25) is 0 Å². The van der Waals surface area contributed by atoms with Crippen molar-refractivity contribution < 1.29 is 0 Å². The molecule has 0 fully saturated rings. The van der Waals surface area contributed by atoms with E-state index in [9.17, 15) is 5.26 Å². The lowest BCUT2D eigenvalue weighted by Gasteiger charge is -2.13. The first-order valence-corrected chi connectivity index (χ1v) is 15.8. The molecule has 218 valence electrons. The molecule has 4 nitrogen and oxygen atoms in total. The first-order valence-electron chi connectivity index (χ1n) is 15.8. The van der Waals surface area contributed by atoms with Crippen LogP contribution < -0.4 is 0 Å². The predicted octanol–water partition coefficient (Wildman–Crippen LogP) is 10.8. The van der Waals surface area contributed by atoms with E-state index in [1.807, 2.05) is 12.1 Å². The average molecular weight is 599 g/mol. The zero-order valence-electron chi connectivity index (χ0n) is 25.3. The normalized spacial score (nSPS) is 11.8. The molecule has 4 heteroatoms. The second kappa shape index (κ2) is 9.71. The Balaban J connectivity index is 1.30. The number of hydrogen-bond donors (Lipinski definition) is 0. The number of nitrogens with zero attached hydrogens (tertiary/aromatic N) is 4. The third kappa shape index (κ3) is 3.57. The smallest absolute Gasteiger partial charge is 0.0991 e. The summed E-state index contributed by atoms with van der Waals surface area (Å²) in [5, 5.41) is 16.8. The monoisotopic (exact) mass is 598 g/mol. The van der Waals surface area contributed by atoms with Crippen LogP contribution >= 0.6 is 0 Å². The van der Waals surface area contributed by atoms with E-state index >= 15 is 0 Å². The number of para-hydroxylation sites is 4. The molecule has 0 spiro atoms. The van der Waals surface area contributed by atoms with Crippen LogP contribution in [0.25, 0.3) is 82.5 Å². The highest BCUT2D eigenvalue weighted by Crippen LogP contribution is 2.42. The molecule has 0 aliphatic rings. The summed E-state index contributed by atoms with van der Waals surface area (Å²) in [4.78, 5) is 0. The number of nitriles is 1. The average Bonchev–Trinajstić information content (AvgIpc) is 3.77. The third-order valence-corrected chi connectivity index (χ3v) is 9.63. The first kappa shape index (κ1) is 25.7. The molecule has 0 saturated heterocycles. The molecule has 0 aliphatic carbocycles. The van der Waals surface area contributed by atoms with Crippen molar-refractivity contribution in [3.63, 3.8) is 0 Å². The number of fused-ring (bicyclic) bond motifs is 10. The summed E-state index contributed by atoms with van der Waals surface area (Å²) < 4.78 is 7.14. The van der Waals surface area contributed by atoms with Crippen LogP contribution in [0.5, 0.6) is 0 Å². The highest BCUT2D eigenvalue weighted by Gasteiger charge is 2.21. The zero-order chi connectivity index (χ0) is 31.1. The lowest BCUT2D eigenvalue weighted by atomic mass is 10.1. The molecule has 0 amide bonds. The zero-order valence-corrected chi connectivity index (χ0v) is 25.3. The third-order valence-electron chi connectivity index (χ3n) is 9.63. The molecule has 10 aromatic rings. The standard InChI is InChI=1S/C43H26N4/c44-27-28-21-23-40-36(25-28)33-16-5-7-18-37(33)45(40)30-13-10-14-31(26-30)46-39-20-9-6-17-35(39)42-41(46)24-22-34-32-15-4-8-19-38(32)47(43(34)42)29-11-2-1-3-12-29/h1-26H. The number of rotatable bonds is 3. The molecule has 10 rings (SSSR count). The Labute approximate surface area is 270 Å². The topological polar surface area (TPSA) is 38.6 Å². The molecular formula is C43H26N4. The quantitative estimate of drug-likeness (QED) is 0.199. The second-order valence-electron chi connectivity index (χ2n) is 12.1. The van der Waals surface area contributed by atoms with Gasteiger partial charge in [-0.1, -0.05) is 84.9 Å². The number of benzene rings is 7. The van der Waals surface area contributed by atoms with Crippen molar-refractivity contribution in [2.24, 2.45) is 0 Å². The molecule has 3 aromatic heterocycles. The lowest BCUT2D eigenvalue weighted by Crippen LogP contribution is -1.98. The van der Waals surface area contributed by atoms with Crippen LogP contribution in [-0.4, -0.2) is 13.7 Å². The molecule has 0 aliphatic heterocycles. The van der Waals surface area contributed by atoms with Crippen LogP contribution in [0.3, 0.4) is 0 Å². The van der Waals surface area contributed by atoms with Crippen molar-refractivity contribution >= 4 is 65.4 Å². The van der Waals surface area contributed by atoms with Gasteiger partial charge in [-0.3, -0.25) is 0 Å². The van der Waals surface area contributed by atoms with Crippen molar-refractivity contribution in [1.82, 2.24) is 13.7 Å². The summed E-state index contributed by atoms with van der Waals surface area (Å²) >= 11 is 0. The van der Waals surface area contributed by atoms with E-state index < -0.39 is 0 Å². The van der Waals surface area contributed by atoms with Crippen molar-refractivity contribution in [3.8, 4) is 23.1 Å². The van der Waals surface area contributed by atoms with Crippen LogP contribution in [0.4, 0.5) is 0 Å². The molecule has 0 N–H and O–H groups in total. The molecule has 47 heavy (non-hydrogen) atoms. The van der Waals surface area contributed by atoms with Gasteiger partial charge in [0, 0.05) is 49.4 Å². The minimum Gasteiger partial charge on any atom is -0.309 e. The van der Waals surface area contributed by atoms with Crippen LogP contribution in [-0.2, 0) is 0 Å². The largest absolute Gasteiger partial charge is 0.309 e. The summed E-state index contributed by atoms with van der Waals surface area (Å²) in [6.45, 7) is 0. The summed E-state index contributed by atoms with van der Waals surface area (Å²) in [6, 6.07) is 58.3. The van der Waals surface area contributed by atoms with Gasteiger partial charge in [0.05, 0.1) is 44.7 Å². The van der Waals surface area contributed by atoms with Gasteiger partial charge < -0.3 is 13.7 Å². The SMILES string of the molecule is N#Cc1ccc2c(c1)c1ccccc1n2-c1cccc(-n2c3ccccc3c3c2ccc2c4ccccc4n(-c4ccccc4)c23)c1. The minimum atomic E-state index is 0.665. The van der Waals surface area contributed by atoms with Crippen molar-refractivity contribution in [2.75, 3.05) is 0 Å². The Morgan fingerprint density at radius 3 is 1.62 bits per heavy atom. The van der Waals surface area contributed by atoms with E-state index in [-0.39, 0.29) is 0 Å². The fraction of sp³-hybridized carbons (Fsp3) is 0. The van der Waals surface area contributed by atoms with Crippen molar-refractivity contribution in [2.45, 2.75) is 0 Å². The minimum absolute atomic E-state index is 0.665. The lowest BCUT2D eigenvalue weighted by molar-refractivity contribution is 1.13. The Hall–Kier alpha value is -6.57. The van der Waals surface area contributed by atoms with E-state index in [1.54, 1.807) is 0 Å². The fourth-order valence-corrected chi connectivity index (χ4v) is 7.72. The molecule has 0 bridgehead atoms. The Kier molecular flexibility index (Phi) is 5.32.